The Hall–Kier alpha value is -3.46. The molecule has 0 aliphatic rings. The Balaban J connectivity index is 2.33. The first-order valence-corrected chi connectivity index (χ1v) is 8.84. The Kier molecular flexibility index (Phi) is 8.11. The molecule has 0 saturated carbocycles. The third-order valence-corrected chi connectivity index (χ3v) is 3.66. The lowest BCUT2D eigenvalue weighted by Crippen LogP contribution is -2.04. The number of esters is 1. The van der Waals surface area contributed by atoms with Crippen molar-refractivity contribution in [3.05, 3.63) is 57.8 Å². The fraction of sp³-hybridized carbons (Fsp3) is 0.300. The van der Waals surface area contributed by atoms with Crippen LogP contribution in [-0.4, -0.2) is 42.8 Å². The molecule has 9 heteroatoms. The van der Waals surface area contributed by atoms with Crippen LogP contribution in [0.2, 0.25) is 0 Å². The average molecular weight is 402 g/mol. The standard InChI is InChI=1S/C20H22N2O7/c1-4-27-19(23)8-6-15-5-7-17(28-10-9-26-3)12-18(15)29-20-14(2)11-16(13-21-20)22(24)25/h5-8,11-13H,4,9-10H2,1-3H3. The minimum Gasteiger partial charge on any atom is -0.491 e. The molecule has 0 fully saturated rings. The largest absolute Gasteiger partial charge is 0.491 e. The van der Waals surface area contributed by atoms with E-state index in [4.69, 9.17) is 18.9 Å². The molecule has 0 aliphatic heterocycles. The van der Waals surface area contributed by atoms with E-state index >= 15 is 0 Å². The zero-order valence-corrected chi connectivity index (χ0v) is 16.4. The van der Waals surface area contributed by atoms with Crippen molar-refractivity contribution in [3.8, 4) is 17.4 Å². The van der Waals surface area contributed by atoms with Crippen molar-refractivity contribution in [2.45, 2.75) is 13.8 Å². The maximum Gasteiger partial charge on any atom is 0.330 e. The number of hydrogen-bond acceptors (Lipinski definition) is 8. The topological polar surface area (TPSA) is 110 Å². The van der Waals surface area contributed by atoms with E-state index in [2.05, 4.69) is 4.98 Å². The molecular formula is C20H22N2O7. The molecule has 1 aromatic heterocycles. The third kappa shape index (κ3) is 6.58. The summed E-state index contributed by atoms with van der Waals surface area (Å²) in [4.78, 5) is 26.0. The van der Waals surface area contributed by atoms with Crippen molar-refractivity contribution in [3.63, 3.8) is 0 Å². The smallest absolute Gasteiger partial charge is 0.330 e. The van der Waals surface area contributed by atoms with E-state index in [1.807, 2.05) is 0 Å². The van der Waals surface area contributed by atoms with Crippen LogP contribution in [0.15, 0.2) is 36.5 Å². The van der Waals surface area contributed by atoms with Crippen LogP contribution in [0.1, 0.15) is 18.1 Å². The number of aromatic nitrogens is 1. The molecule has 0 spiro atoms. The summed E-state index contributed by atoms with van der Waals surface area (Å²) in [5.74, 6) is 0.619. The van der Waals surface area contributed by atoms with Gasteiger partial charge in [0.2, 0.25) is 5.88 Å². The third-order valence-electron chi connectivity index (χ3n) is 3.66. The first kappa shape index (κ1) is 21.8. The van der Waals surface area contributed by atoms with Crippen molar-refractivity contribution in [2.75, 3.05) is 26.9 Å². The van der Waals surface area contributed by atoms with Gasteiger partial charge in [-0.15, -0.1) is 0 Å². The summed E-state index contributed by atoms with van der Waals surface area (Å²) in [5.41, 5.74) is 0.941. The number of rotatable bonds is 10. The molecule has 0 saturated heterocycles. The zero-order valence-electron chi connectivity index (χ0n) is 16.4. The molecule has 29 heavy (non-hydrogen) atoms. The SMILES string of the molecule is CCOC(=O)C=Cc1ccc(OCCOC)cc1Oc1ncc([N+](=O)[O-])cc1C. The normalized spacial score (nSPS) is 10.7. The lowest BCUT2D eigenvalue weighted by molar-refractivity contribution is -0.385. The number of pyridine rings is 1. The molecule has 0 atom stereocenters. The Labute approximate surface area is 168 Å². The highest BCUT2D eigenvalue weighted by Gasteiger charge is 2.13. The molecule has 0 amide bonds. The van der Waals surface area contributed by atoms with Gasteiger partial charge in [-0.1, -0.05) is 0 Å². The number of carbonyl (C=O) groups is 1. The molecule has 2 rings (SSSR count). The van der Waals surface area contributed by atoms with E-state index in [1.54, 1.807) is 45.2 Å². The minimum atomic E-state index is -0.526. The Morgan fingerprint density at radius 2 is 2.07 bits per heavy atom. The maximum atomic E-state index is 11.6. The van der Waals surface area contributed by atoms with Crippen LogP contribution in [0.5, 0.6) is 17.4 Å². The predicted octanol–water partition coefficient (Wildman–Crippen LogP) is 3.69. The van der Waals surface area contributed by atoms with Gasteiger partial charge in [0.15, 0.2) is 0 Å². The van der Waals surface area contributed by atoms with Crippen molar-refractivity contribution in [1.82, 2.24) is 4.98 Å². The van der Waals surface area contributed by atoms with Crippen molar-refractivity contribution < 1.29 is 28.7 Å². The monoisotopic (exact) mass is 402 g/mol. The predicted molar refractivity (Wildman–Crippen MR) is 105 cm³/mol. The summed E-state index contributed by atoms with van der Waals surface area (Å²) in [7, 11) is 1.57. The molecule has 154 valence electrons. The van der Waals surface area contributed by atoms with Gasteiger partial charge in [0.25, 0.3) is 5.69 Å². The molecule has 0 N–H and O–H groups in total. The average Bonchev–Trinajstić information content (AvgIpc) is 2.69. The lowest BCUT2D eigenvalue weighted by atomic mass is 10.1. The number of nitrogens with zero attached hydrogens (tertiary/aromatic N) is 2. The van der Waals surface area contributed by atoms with Gasteiger partial charge in [0.05, 0.1) is 18.1 Å². The molecule has 0 bridgehead atoms. The van der Waals surface area contributed by atoms with Gasteiger partial charge in [-0.2, -0.15) is 0 Å². The molecule has 1 heterocycles. The molecule has 2 aromatic rings. The van der Waals surface area contributed by atoms with Crippen LogP contribution in [0, 0.1) is 17.0 Å². The van der Waals surface area contributed by atoms with Crippen molar-refractivity contribution in [1.29, 1.82) is 0 Å². The number of nitro groups is 1. The molecule has 1 aromatic carbocycles. The number of benzene rings is 1. The first-order chi connectivity index (χ1) is 13.9. The molecule has 0 unspecified atom stereocenters. The summed E-state index contributed by atoms with van der Waals surface area (Å²) in [6.07, 6.45) is 3.95. The van der Waals surface area contributed by atoms with Crippen LogP contribution in [0.25, 0.3) is 6.08 Å². The summed E-state index contributed by atoms with van der Waals surface area (Å²) in [6, 6.07) is 6.45. The lowest BCUT2D eigenvalue weighted by Gasteiger charge is -2.12. The van der Waals surface area contributed by atoms with Gasteiger partial charge in [-0.3, -0.25) is 10.1 Å². The van der Waals surface area contributed by atoms with Gasteiger partial charge in [-0.25, -0.2) is 9.78 Å². The minimum absolute atomic E-state index is 0.131. The van der Waals surface area contributed by atoms with Gasteiger partial charge >= 0.3 is 5.97 Å². The first-order valence-electron chi connectivity index (χ1n) is 8.84. The van der Waals surface area contributed by atoms with Crippen LogP contribution in [-0.2, 0) is 14.3 Å². The maximum absolute atomic E-state index is 11.6. The highest BCUT2D eigenvalue weighted by molar-refractivity contribution is 5.87. The summed E-state index contributed by atoms with van der Waals surface area (Å²) >= 11 is 0. The van der Waals surface area contributed by atoms with E-state index in [-0.39, 0.29) is 18.2 Å². The Morgan fingerprint density at radius 1 is 1.28 bits per heavy atom. The highest BCUT2D eigenvalue weighted by Crippen LogP contribution is 2.32. The number of hydrogen-bond donors (Lipinski definition) is 0. The quantitative estimate of drug-likeness (QED) is 0.195. The van der Waals surface area contributed by atoms with Gasteiger partial charge < -0.3 is 18.9 Å². The van der Waals surface area contributed by atoms with Crippen LogP contribution >= 0.6 is 0 Å². The van der Waals surface area contributed by atoms with E-state index in [0.29, 0.717) is 35.8 Å². The second-order valence-corrected chi connectivity index (χ2v) is 5.80. The number of aryl methyl sites for hydroxylation is 1. The fourth-order valence-corrected chi connectivity index (χ4v) is 2.28. The van der Waals surface area contributed by atoms with E-state index in [1.165, 1.54) is 12.1 Å². The number of carbonyl (C=O) groups excluding carboxylic acids is 1. The number of ether oxygens (including phenoxy) is 4. The van der Waals surface area contributed by atoms with Crippen LogP contribution in [0.3, 0.4) is 0 Å². The number of methoxy groups -OCH3 is 1. The molecule has 0 radical (unpaired) electrons. The second kappa shape index (κ2) is 10.8. The fourth-order valence-electron chi connectivity index (χ4n) is 2.28. The van der Waals surface area contributed by atoms with Gasteiger partial charge in [0.1, 0.15) is 24.3 Å². The summed E-state index contributed by atoms with van der Waals surface area (Å²) < 4.78 is 21.3. The van der Waals surface area contributed by atoms with E-state index in [0.717, 1.165) is 6.20 Å². The molecular weight excluding hydrogens is 380 g/mol. The zero-order chi connectivity index (χ0) is 21.2. The Bertz CT molecular complexity index is 896. The second-order valence-electron chi connectivity index (χ2n) is 5.80. The Morgan fingerprint density at radius 3 is 2.72 bits per heavy atom. The van der Waals surface area contributed by atoms with E-state index in [9.17, 15) is 14.9 Å². The summed E-state index contributed by atoms with van der Waals surface area (Å²) in [5, 5.41) is 10.9. The molecule has 9 nitrogen and oxygen atoms in total. The van der Waals surface area contributed by atoms with Crippen LogP contribution < -0.4 is 9.47 Å². The van der Waals surface area contributed by atoms with Gasteiger partial charge in [0, 0.05) is 36.4 Å². The summed E-state index contributed by atoms with van der Waals surface area (Å²) in [6.45, 7) is 4.41. The van der Waals surface area contributed by atoms with Gasteiger partial charge in [-0.05, 0) is 32.1 Å². The highest BCUT2D eigenvalue weighted by atomic mass is 16.6. The van der Waals surface area contributed by atoms with Crippen LogP contribution in [0.4, 0.5) is 5.69 Å². The van der Waals surface area contributed by atoms with Crippen molar-refractivity contribution >= 4 is 17.7 Å². The molecule has 0 aliphatic carbocycles. The van der Waals surface area contributed by atoms with E-state index < -0.39 is 10.9 Å². The van der Waals surface area contributed by atoms with Crippen molar-refractivity contribution in [2.24, 2.45) is 0 Å².